The Kier molecular flexibility index (Phi) is 6.82. The summed E-state index contributed by atoms with van der Waals surface area (Å²) >= 11 is 1.63. The highest BCUT2D eigenvalue weighted by atomic mass is 35.5. The van der Waals surface area contributed by atoms with Crippen LogP contribution in [0.15, 0.2) is 23.6 Å². The van der Waals surface area contributed by atoms with Gasteiger partial charge in [0, 0.05) is 44.8 Å². The minimum Gasteiger partial charge on any atom is -0.329 e. The molecule has 1 aliphatic heterocycles. The molecular weight excluding hydrogens is 385 g/mol. The molecule has 0 aliphatic carbocycles. The summed E-state index contributed by atoms with van der Waals surface area (Å²) in [6, 6.07) is 2.12. The van der Waals surface area contributed by atoms with Crippen molar-refractivity contribution in [3.8, 4) is 11.5 Å². The molecule has 0 aromatic carbocycles. The Balaban J connectivity index is 0.00000113. The molecule has 0 radical (unpaired) electrons. The topological polar surface area (TPSA) is 91.3 Å². The molecule has 4 rings (SSSR count). The molecular formula is C13H19Cl2N9S. The van der Waals surface area contributed by atoms with E-state index in [1.54, 1.807) is 16.4 Å². The van der Waals surface area contributed by atoms with E-state index in [2.05, 4.69) is 46.2 Å². The van der Waals surface area contributed by atoms with Crippen molar-refractivity contribution >= 4 is 36.6 Å². The number of fused-ring (bicyclic) bond motifs is 1. The minimum atomic E-state index is 0. The first-order valence-corrected chi connectivity index (χ1v) is 8.44. The molecule has 136 valence electrons. The highest BCUT2D eigenvalue weighted by molar-refractivity contribution is 7.99. The molecule has 4 heterocycles. The summed E-state index contributed by atoms with van der Waals surface area (Å²) in [7, 11) is 1.84. The average Bonchev–Trinajstić information content (AvgIpc) is 3.26. The molecule has 1 aliphatic rings. The van der Waals surface area contributed by atoms with Gasteiger partial charge in [-0.1, -0.05) is 11.8 Å². The number of thioether (sulfide) groups is 1. The molecule has 3 aromatic rings. The molecule has 0 spiro atoms. The van der Waals surface area contributed by atoms with E-state index < -0.39 is 0 Å². The van der Waals surface area contributed by atoms with Gasteiger partial charge in [0.15, 0.2) is 5.82 Å². The van der Waals surface area contributed by atoms with Crippen LogP contribution in [0.5, 0.6) is 0 Å². The van der Waals surface area contributed by atoms with Crippen LogP contribution in [0, 0.1) is 0 Å². The molecule has 0 atom stereocenters. The first-order valence-electron chi connectivity index (χ1n) is 7.45. The van der Waals surface area contributed by atoms with Crippen molar-refractivity contribution in [2.45, 2.75) is 24.8 Å². The van der Waals surface area contributed by atoms with Gasteiger partial charge in [0.05, 0.1) is 12.2 Å². The van der Waals surface area contributed by atoms with Crippen LogP contribution in [0.25, 0.3) is 11.5 Å². The van der Waals surface area contributed by atoms with Gasteiger partial charge in [0.1, 0.15) is 5.69 Å². The summed E-state index contributed by atoms with van der Waals surface area (Å²) in [6.07, 6.45) is 3.81. The maximum Gasteiger partial charge on any atom is 0.209 e. The molecule has 0 unspecified atom stereocenters. The van der Waals surface area contributed by atoms with E-state index in [1.165, 1.54) is 5.69 Å². The molecule has 0 bridgehead atoms. The number of hydrogen-bond acceptors (Lipinski definition) is 7. The maximum absolute atomic E-state index is 4.68. The number of aryl methyl sites for hydroxylation is 2. The Morgan fingerprint density at radius 2 is 2.20 bits per heavy atom. The average molecular weight is 404 g/mol. The molecule has 0 saturated carbocycles. The normalized spacial score (nSPS) is 13.0. The Bertz CT molecular complexity index is 789. The van der Waals surface area contributed by atoms with Crippen molar-refractivity contribution in [3.63, 3.8) is 0 Å². The summed E-state index contributed by atoms with van der Waals surface area (Å²) in [5.74, 6) is 1.77. The zero-order valence-corrected chi connectivity index (χ0v) is 16.0. The first-order chi connectivity index (χ1) is 11.3. The van der Waals surface area contributed by atoms with Gasteiger partial charge in [-0.2, -0.15) is 5.10 Å². The highest BCUT2D eigenvalue weighted by Gasteiger charge is 2.16. The number of tetrazole rings is 1. The van der Waals surface area contributed by atoms with E-state index in [-0.39, 0.29) is 24.8 Å². The Morgan fingerprint density at radius 3 is 2.96 bits per heavy atom. The second kappa shape index (κ2) is 8.65. The van der Waals surface area contributed by atoms with Gasteiger partial charge in [-0.05, 0) is 16.5 Å². The van der Waals surface area contributed by atoms with Crippen LogP contribution < -0.4 is 5.32 Å². The molecule has 25 heavy (non-hydrogen) atoms. The predicted molar refractivity (Wildman–Crippen MR) is 99.2 cm³/mol. The van der Waals surface area contributed by atoms with Crippen molar-refractivity contribution in [1.29, 1.82) is 0 Å². The zero-order chi connectivity index (χ0) is 15.6. The van der Waals surface area contributed by atoms with Crippen molar-refractivity contribution < 1.29 is 0 Å². The Morgan fingerprint density at radius 1 is 1.32 bits per heavy atom. The molecule has 9 nitrogen and oxygen atoms in total. The SMILES string of the molecule is Cl.Cl.Cn1nnnc1SCCn1ccnc1-c1cc2n(n1)CCNC2. The summed E-state index contributed by atoms with van der Waals surface area (Å²) < 4.78 is 5.86. The first kappa shape index (κ1) is 19.7. The monoisotopic (exact) mass is 403 g/mol. The van der Waals surface area contributed by atoms with Gasteiger partial charge >= 0.3 is 0 Å². The van der Waals surface area contributed by atoms with Gasteiger partial charge in [-0.25, -0.2) is 9.67 Å². The Labute approximate surface area is 161 Å². The summed E-state index contributed by atoms with van der Waals surface area (Å²) in [5.41, 5.74) is 2.14. The van der Waals surface area contributed by atoms with Crippen LogP contribution in [-0.2, 0) is 26.7 Å². The quantitative estimate of drug-likeness (QED) is 0.635. The summed E-state index contributed by atoms with van der Waals surface area (Å²) in [4.78, 5) is 4.48. The number of imidazole rings is 1. The largest absolute Gasteiger partial charge is 0.329 e. The predicted octanol–water partition coefficient (Wildman–Crippen LogP) is 1.01. The van der Waals surface area contributed by atoms with Crippen LogP contribution in [0.2, 0.25) is 0 Å². The lowest BCUT2D eigenvalue weighted by Gasteiger charge is -2.13. The molecule has 0 saturated heterocycles. The van der Waals surface area contributed by atoms with E-state index >= 15 is 0 Å². The fourth-order valence-electron chi connectivity index (χ4n) is 2.60. The molecule has 0 amide bonds. The summed E-state index contributed by atoms with van der Waals surface area (Å²) in [6.45, 7) is 3.56. The van der Waals surface area contributed by atoms with Crippen LogP contribution in [0.1, 0.15) is 5.69 Å². The Hall–Kier alpha value is -1.62. The van der Waals surface area contributed by atoms with E-state index in [1.807, 2.05) is 19.4 Å². The molecule has 3 aromatic heterocycles. The minimum absolute atomic E-state index is 0. The van der Waals surface area contributed by atoms with E-state index in [4.69, 9.17) is 0 Å². The number of aromatic nitrogens is 8. The third-order valence-electron chi connectivity index (χ3n) is 3.76. The second-order valence-electron chi connectivity index (χ2n) is 5.30. The van der Waals surface area contributed by atoms with Gasteiger partial charge in [-0.3, -0.25) is 4.68 Å². The van der Waals surface area contributed by atoms with Crippen LogP contribution in [0.4, 0.5) is 0 Å². The van der Waals surface area contributed by atoms with E-state index in [9.17, 15) is 0 Å². The van der Waals surface area contributed by atoms with Crippen molar-refractivity contribution in [3.05, 3.63) is 24.2 Å². The standard InChI is InChI=1S/C13H17N9S.2ClH/c1-20-13(16-18-19-20)23-7-6-21-4-3-15-12(21)11-8-10-9-14-2-5-22(10)17-11;;/h3-4,8,14H,2,5-7,9H2,1H3;2*1H. The van der Waals surface area contributed by atoms with Gasteiger partial charge in [0.2, 0.25) is 5.16 Å². The lowest BCUT2D eigenvalue weighted by molar-refractivity contribution is 0.476. The lowest BCUT2D eigenvalue weighted by atomic mass is 10.3. The number of nitrogens with one attached hydrogen (secondary N) is 1. The van der Waals surface area contributed by atoms with Crippen molar-refractivity contribution in [2.24, 2.45) is 7.05 Å². The van der Waals surface area contributed by atoms with Crippen LogP contribution in [-0.4, -0.2) is 51.8 Å². The molecule has 1 N–H and O–H groups in total. The van der Waals surface area contributed by atoms with Gasteiger partial charge < -0.3 is 9.88 Å². The fraction of sp³-hybridized carbons (Fsp3) is 0.462. The number of rotatable bonds is 5. The lowest BCUT2D eigenvalue weighted by Crippen LogP contribution is -2.28. The summed E-state index contributed by atoms with van der Waals surface area (Å²) in [5, 5.41) is 20.3. The number of nitrogens with zero attached hydrogens (tertiary/aromatic N) is 8. The smallest absolute Gasteiger partial charge is 0.209 e. The van der Waals surface area contributed by atoms with E-state index in [0.29, 0.717) is 0 Å². The fourth-order valence-corrected chi connectivity index (χ4v) is 3.39. The second-order valence-corrected chi connectivity index (χ2v) is 6.36. The van der Waals surface area contributed by atoms with Crippen molar-refractivity contribution in [2.75, 3.05) is 12.3 Å². The maximum atomic E-state index is 4.68. The third kappa shape index (κ3) is 4.14. The number of hydrogen-bond donors (Lipinski definition) is 1. The zero-order valence-electron chi connectivity index (χ0n) is 13.6. The third-order valence-corrected chi connectivity index (χ3v) is 4.75. The van der Waals surface area contributed by atoms with Crippen LogP contribution in [0.3, 0.4) is 0 Å². The number of halogens is 2. The van der Waals surface area contributed by atoms with Gasteiger partial charge in [0.25, 0.3) is 0 Å². The van der Waals surface area contributed by atoms with Crippen LogP contribution >= 0.6 is 36.6 Å². The van der Waals surface area contributed by atoms with E-state index in [0.717, 1.165) is 48.6 Å². The molecule has 0 fully saturated rings. The van der Waals surface area contributed by atoms with Crippen molar-refractivity contribution in [1.82, 2.24) is 44.9 Å². The molecule has 12 heteroatoms. The van der Waals surface area contributed by atoms with Gasteiger partial charge in [-0.15, -0.1) is 29.9 Å². The highest BCUT2D eigenvalue weighted by Crippen LogP contribution is 2.20.